The summed E-state index contributed by atoms with van der Waals surface area (Å²) in [5.41, 5.74) is 1.46. The Bertz CT molecular complexity index is 565. The monoisotopic (exact) mass is 348 g/mol. The first-order valence-electron chi connectivity index (χ1n) is 8.76. The zero-order chi connectivity index (χ0) is 17.9. The molecule has 1 aliphatic rings. The number of amides is 2. The zero-order valence-electron chi connectivity index (χ0n) is 15.1. The van der Waals surface area contributed by atoms with E-state index in [1.165, 1.54) is 31.3 Å². The van der Waals surface area contributed by atoms with Gasteiger partial charge in [-0.2, -0.15) is 0 Å². The van der Waals surface area contributed by atoms with Crippen LogP contribution in [0, 0.1) is 0 Å². The van der Waals surface area contributed by atoms with Crippen molar-refractivity contribution in [3.63, 3.8) is 0 Å². The number of carbonyl (C=O) groups excluding carboxylic acids is 1. The lowest BCUT2D eigenvalue weighted by Crippen LogP contribution is -2.38. The first-order chi connectivity index (χ1) is 12.2. The second kappa shape index (κ2) is 10.5. The topological polar surface area (TPSA) is 68.8 Å². The number of rotatable bonds is 9. The van der Waals surface area contributed by atoms with Crippen molar-refractivity contribution in [3.05, 3.63) is 29.8 Å². The molecule has 0 radical (unpaired) electrons. The molecule has 0 heterocycles. The summed E-state index contributed by atoms with van der Waals surface area (Å²) in [6, 6.07) is 5.17. The minimum atomic E-state index is -0.164. The summed E-state index contributed by atoms with van der Waals surface area (Å²) in [7, 11) is 3.18. The molecule has 6 nitrogen and oxygen atoms in total. The number of urea groups is 1. The highest BCUT2D eigenvalue weighted by Crippen LogP contribution is 2.27. The number of carbonyl (C=O) groups is 1. The van der Waals surface area contributed by atoms with E-state index in [9.17, 15) is 4.79 Å². The van der Waals surface area contributed by atoms with Crippen LogP contribution in [-0.2, 0) is 0 Å². The van der Waals surface area contributed by atoms with Crippen LogP contribution in [0.3, 0.4) is 0 Å². The molecule has 2 amide bonds. The van der Waals surface area contributed by atoms with Crippen molar-refractivity contribution in [1.82, 2.24) is 10.6 Å². The van der Waals surface area contributed by atoms with Crippen molar-refractivity contribution in [2.24, 2.45) is 0 Å². The number of hydrogen-bond acceptors (Lipinski definition) is 4. The first kappa shape index (κ1) is 19.0. The van der Waals surface area contributed by atoms with Gasteiger partial charge >= 0.3 is 6.03 Å². The molecule has 6 heteroatoms. The zero-order valence-corrected chi connectivity index (χ0v) is 15.1. The van der Waals surface area contributed by atoms with Crippen LogP contribution in [0.4, 0.5) is 4.79 Å². The van der Waals surface area contributed by atoms with E-state index in [0.717, 1.165) is 6.42 Å². The molecule has 2 rings (SSSR count). The third kappa shape index (κ3) is 6.95. The van der Waals surface area contributed by atoms with Crippen molar-refractivity contribution < 1.29 is 19.0 Å². The molecule has 138 valence electrons. The maximum Gasteiger partial charge on any atom is 0.314 e. The van der Waals surface area contributed by atoms with Crippen molar-refractivity contribution in [1.29, 1.82) is 0 Å². The number of allylic oxidation sites excluding steroid dienone is 1. The van der Waals surface area contributed by atoms with E-state index in [2.05, 4.69) is 16.7 Å². The predicted octanol–water partition coefficient (Wildman–Crippen LogP) is 3.27. The van der Waals surface area contributed by atoms with Gasteiger partial charge in [-0.15, -0.1) is 0 Å². The summed E-state index contributed by atoms with van der Waals surface area (Å²) < 4.78 is 16.0. The molecule has 0 saturated heterocycles. The van der Waals surface area contributed by atoms with Crippen molar-refractivity contribution >= 4 is 6.03 Å². The highest BCUT2D eigenvalue weighted by Gasteiger charge is 2.06. The van der Waals surface area contributed by atoms with Gasteiger partial charge in [0.1, 0.15) is 23.9 Å². The van der Waals surface area contributed by atoms with Crippen LogP contribution >= 0.6 is 0 Å². The number of hydrogen-bond donors (Lipinski definition) is 2. The molecule has 0 bridgehead atoms. The summed E-state index contributed by atoms with van der Waals surface area (Å²) in [4.78, 5) is 11.8. The lowest BCUT2D eigenvalue weighted by molar-refractivity contribution is 0.236. The van der Waals surface area contributed by atoms with Gasteiger partial charge in [0.05, 0.1) is 20.8 Å². The van der Waals surface area contributed by atoms with Gasteiger partial charge in [-0.3, -0.25) is 0 Å². The fraction of sp³-hybridized carbons (Fsp3) is 0.526. The molecule has 1 aromatic carbocycles. The van der Waals surface area contributed by atoms with Crippen LogP contribution in [-0.4, -0.2) is 39.9 Å². The van der Waals surface area contributed by atoms with E-state index >= 15 is 0 Å². The molecule has 0 saturated carbocycles. The Morgan fingerprint density at radius 3 is 2.32 bits per heavy atom. The molecular weight excluding hydrogens is 320 g/mol. The Morgan fingerprint density at radius 2 is 1.68 bits per heavy atom. The molecule has 0 atom stereocenters. The first-order valence-corrected chi connectivity index (χ1v) is 8.76. The van der Waals surface area contributed by atoms with Crippen molar-refractivity contribution in [2.45, 2.75) is 32.1 Å². The summed E-state index contributed by atoms with van der Waals surface area (Å²) in [6.07, 6.45) is 8.14. The molecule has 2 N–H and O–H groups in total. The van der Waals surface area contributed by atoms with Crippen LogP contribution in [0.15, 0.2) is 29.8 Å². The van der Waals surface area contributed by atoms with E-state index in [4.69, 9.17) is 14.2 Å². The number of nitrogens with one attached hydrogen (secondary N) is 2. The second-order valence-electron chi connectivity index (χ2n) is 5.94. The minimum Gasteiger partial charge on any atom is -0.496 e. The van der Waals surface area contributed by atoms with Crippen LogP contribution in [0.5, 0.6) is 17.2 Å². The van der Waals surface area contributed by atoms with Crippen LogP contribution in [0.2, 0.25) is 0 Å². The highest BCUT2D eigenvalue weighted by atomic mass is 16.5. The highest BCUT2D eigenvalue weighted by molar-refractivity contribution is 5.73. The molecular formula is C19H28N2O4. The fourth-order valence-corrected chi connectivity index (χ4v) is 2.73. The minimum absolute atomic E-state index is 0.164. The fourth-order valence-electron chi connectivity index (χ4n) is 2.73. The largest absolute Gasteiger partial charge is 0.496 e. The Balaban J connectivity index is 1.62. The molecule has 1 aliphatic carbocycles. The number of ether oxygens (including phenoxy) is 3. The summed E-state index contributed by atoms with van der Waals surface area (Å²) in [5, 5.41) is 5.67. The van der Waals surface area contributed by atoms with E-state index in [-0.39, 0.29) is 6.03 Å². The third-order valence-electron chi connectivity index (χ3n) is 4.10. The van der Waals surface area contributed by atoms with Gasteiger partial charge in [0.25, 0.3) is 0 Å². The Labute approximate surface area is 149 Å². The summed E-state index contributed by atoms with van der Waals surface area (Å²) in [6.45, 7) is 1.47. The standard InChI is InChI=1S/C19H28N2O4/c1-23-16-12-17(24-2)14-18(13-16)25-11-10-21-19(22)20-9-8-15-6-4-3-5-7-15/h6,12-14H,3-5,7-11H2,1-2H3,(H2,20,21,22). The van der Waals surface area contributed by atoms with Gasteiger partial charge in [0.2, 0.25) is 0 Å². The lowest BCUT2D eigenvalue weighted by Gasteiger charge is -2.13. The smallest absolute Gasteiger partial charge is 0.314 e. The van der Waals surface area contributed by atoms with Crippen molar-refractivity contribution in [2.75, 3.05) is 33.9 Å². The molecule has 0 aromatic heterocycles. The van der Waals surface area contributed by atoms with Gasteiger partial charge in [-0.1, -0.05) is 11.6 Å². The average Bonchev–Trinajstić information content (AvgIpc) is 2.65. The molecule has 1 aromatic rings. The summed E-state index contributed by atoms with van der Waals surface area (Å²) in [5.74, 6) is 1.97. The molecule has 0 spiro atoms. The van der Waals surface area contributed by atoms with Gasteiger partial charge in [-0.25, -0.2) is 4.79 Å². The molecule has 0 aliphatic heterocycles. The van der Waals surface area contributed by atoms with Gasteiger partial charge in [0, 0.05) is 24.7 Å². The van der Waals surface area contributed by atoms with E-state index in [0.29, 0.717) is 36.9 Å². The molecule has 0 fully saturated rings. The molecule has 0 unspecified atom stereocenters. The number of benzene rings is 1. The predicted molar refractivity (Wildman–Crippen MR) is 97.6 cm³/mol. The quantitative estimate of drug-likeness (QED) is 0.531. The molecule has 25 heavy (non-hydrogen) atoms. The van der Waals surface area contributed by atoms with Gasteiger partial charge in [0.15, 0.2) is 0 Å². The Kier molecular flexibility index (Phi) is 7.95. The maximum absolute atomic E-state index is 11.8. The van der Waals surface area contributed by atoms with Crippen molar-refractivity contribution in [3.8, 4) is 17.2 Å². The van der Waals surface area contributed by atoms with E-state index in [1.54, 1.807) is 32.4 Å². The van der Waals surface area contributed by atoms with Crippen LogP contribution in [0.1, 0.15) is 32.1 Å². The van der Waals surface area contributed by atoms with E-state index < -0.39 is 0 Å². The van der Waals surface area contributed by atoms with Gasteiger partial charge in [-0.05, 0) is 32.1 Å². The normalized spacial score (nSPS) is 13.6. The summed E-state index contributed by atoms with van der Waals surface area (Å²) >= 11 is 0. The number of methoxy groups -OCH3 is 2. The van der Waals surface area contributed by atoms with Gasteiger partial charge < -0.3 is 24.8 Å². The Morgan fingerprint density at radius 1 is 1.00 bits per heavy atom. The third-order valence-corrected chi connectivity index (χ3v) is 4.10. The van der Waals surface area contributed by atoms with E-state index in [1.807, 2.05) is 0 Å². The lowest BCUT2D eigenvalue weighted by atomic mass is 9.97. The second-order valence-corrected chi connectivity index (χ2v) is 5.94. The van der Waals surface area contributed by atoms with Crippen LogP contribution < -0.4 is 24.8 Å². The SMILES string of the molecule is COc1cc(OC)cc(OCCNC(=O)NCCC2=CCCCC2)c1. The average molecular weight is 348 g/mol. The maximum atomic E-state index is 11.8. The Hall–Kier alpha value is -2.37. The van der Waals surface area contributed by atoms with Crippen LogP contribution in [0.25, 0.3) is 0 Å².